The van der Waals surface area contributed by atoms with Gasteiger partial charge in [0.2, 0.25) is 0 Å². The number of hydrogen-bond donors (Lipinski definition) is 0. The van der Waals surface area contributed by atoms with Crippen molar-refractivity contribution in [3.63, 3.8) is 0 Å². The first-order chi connectivity index (χ1) is 12.3. The summed E-state index contributed by atoms with van der Waals surface area (Å²) in [5.41, 5.74) is -1.25. The first kappa shape index (κ1) is 18.5. The molecule has 2 rings (SSSR count). The van der Waals surface area contributed by atoms with Crippen LogP contribution in [0.2, 0.25) is 0 Å². The smallest absolute Gasteiger partial charge is 0.345 e. The molecule has 0 aromatic heterocycles. The maximum Gasteiger partial charge on any atom is 0.345 e. The summed E-state index contributed by atoms with van der Waals surface area (Å²) in [6.45, 7) is 0. The number of carbonyl (C=O) groups is 2. The SMILES string of the molecule is COC(=O)c1c(-c2ccc([N+](=O)[O-])cc2)ccc([N+](=O)[O-])c1C(=O)OC. The Labute approximate surface area is 146 Å². The first-order valence-electron chi connectivity index (χ1n) is 7.04. The third kappa shape index (κ3) is 3.34. The molecule has 0 unspecified atom stereocenters. The van der Waals surface area contributed by atoms with E-state index < -0.39 is 33.0 Å². The summed E-state index contributed by atoms with van der Waals surface area (Å²) in [6, 6.07) is 7.43. The number of nitrogens with zero attached hydrogens (tertiary/aromatic N) is 2. The molecule has 0 spiro atoms. The molecule has 0 aliphatic carbocycles. The van der Waals surface area contributed by atoms with Crippen molar-refractivity contribution in [3.05, 3.63) is 67.8 Å². The van der Waals surface area contributed by atoms with E-state index in [0.29, 0.717) is 5.56 Å². The topological polar surface area (TPSA) is 139 Å². The molecular weight excluding hydrogens is 348 g/mol. The lowest BCUT2D eigenvalue weighted by Gasteiger charge is -2.12. The molecule has 10 nitrogen and oxygen atoms in total. The molecule has 0 fully saturated rings. The standard InChI is InChI=1S/C16H12N2O8/c1-25-15(19)13-11(9-3-5-10(6-4-9)17(21)22)7-8-12(18(23)24)14(13)16(20)26-2/h3-8H,1-2H3. The Balaban J connectivity index is 2.81. The number of carbonyl (C=O) groups excluding carboxylic acids is 2. The molecule has 0 aliphatic rings. The van der Waals surface area contributed by atoms with Gasteiger partial charge in [0.1, 0.15) is 0 Å². The van der Waals surface area contributed by atoms with Gasteiger partial charge in [-0.2, -0.15) is 0 Å². The average Bonchev–Trinajstić information content (AvgIpc) is 2.65. The van der Waals surface area contributed by atoms with Crippen molar-refractivity contribution in [2.45, 2.75) is 0 Å². The molecule has 0 aliphatic heterocycles. The molecule has 0 heterocycles. The molecule has 2 aromatic carbocycles. The molecule has 2 aromatic rings. The highest BCUT2D eigenvalue weighted by Gasteiger charge is 2.32. The summed E-state index contributed by atoms with van der Waals surface area (Å²) in [7, 11) is 2.08. The van der Waals surface area contributed by atoms with Crippen LogP contribution in [-0.2, 0) is 9.47 Å². The third-order valence-electron chi connectivity index (χ3n) is 3.55. The number of nitro benzene ring substituents is 2. The van der Waals surface area contributed by atoms with E-state index in [2.05, 4.69) is 9.47 Å². The highest BCUT2D eigenvalue weighted by Crippen LogP contribution is 2.34. The minimum atomic E-state index is -1.08. The van der Waals surface area contributed by atoms with Gasteiger partial charge >= 0.3 is 11.9 Å². The number of non-ortho nitro benzene ring substituents is 1. The molecule has 134 valence electrons. The van der Waals surface area contributed by atoms with Crippen LogP contribution in [0.25, 0.3) is 11.1 Å². The summed E-state index contributed by atoms with van der Waals surface area (Å²) in [4.78, 5) is 44.9. The fourth-order valence-electron chi connectivity index (χ4n) is 2.37. The van der Waals surface area contributed by atoms with E-state index in [1.807, 2.05) is 0 Å². The first-order valence-corrected chi connectivity index (χ1v) is 7.04. The van der Waals surface area contributed by atoms with Crippen molar-refractivity contribution >= 4 is 23.3 Å². The minimum absolute atomic E-state index is 0.137. The van der Waals surface area contributed by atoms with Crippen molar-refractivity contribution in [2.75, 3.05) is 14.2 Å². The normalized spacial score (nSPS) is 10.1. The summed E-state index contributed by atoms with van der Waals surface area (Å²) < 4.78 is 9.22. The van der Waals surface area contributed by atoms with Gasteiger partial charge in [-0.15, -0.1) is 0 Å². The second-order valence-corrected chi connectivity index (χ2v) is 4.93. The van der Waals surface area contributed by atoms with E-state index >= 15 is 0 Å². The van der Waals surface area contributed by atoms with Crippen LogP contribution in [0.5, 0.6) is 0 Å². The van der Waals surface area contributed by atoms with Crippen LogP contribution in [0.3, 0.4) is 0 Å². The maximum absolute atomic E-state index is 12.2. The molecule has 0 amide bonds. The molecular formula is C16H12N2O8. The van der Waals surface area contributed by atoms with Gasteiger partial charge in [-0.3, -0.25) is 20.2 Å². The average molecular weight is 360 g/mol. The molecule has 0 bridgehead atoms. The predicted octanol–water partition coefficient (Wildman–Crippen LogP) is 2.74. The van der Waals surface area contributed by atoms with Crippen molar-refractivity contribution in [1.82, 2.24) is 0 Å². The van der Waals surface area contributed by atoms with Crippen molar-refractivity contribution < 1.29 is 28.9 Å². The predicted molar refractivity (Wildman–Crippen MR) is 87.9 cm³/mol. The Morgan fingerprint density at radius 2 is 1.35 bits per heavy atom. The number of esters is 2. The Bertz CT molecular complexity index is 905. The summed E-state index contributed by atoms with van der Waals surface area (Å²) in [5.74, 6) is -2.07. The second kappa shape index (κ2) is 7.38. The van der Waals surface area contributed by atoms with E-state index in [9.17, 15) is 29.8 Å². The van der Waals surface area contributed by atoms with Crippen LogP contribution in [0.4, 0.5) is 11.4 Å². The minimum Gasteiger partial charge on any atom is -0.465 e. The van der Waals surface area contributed by atoms with Gasteiger partial charge < -0.3 is 9.47 Å². The number of ether oxygens (including phenoxy) is 2. The molecule has 0 atom stereocenters. The summed E-state index contributed by atoms with van der Waals surface area (Å²) >= 11 is 0. The van der Waals surface area contributed by atoms with Gasteiger partial charge in [0.15, 0.2) is 5.56 Å². The van der Waals surface area contributed by atoms with Crippen LogP contribution in [-0.4, -0.2) is 36.0 Å². The van der Waals surface area contributed by atoms with Crippen molar-refractivity contribution in [3.8, 4) is 11.1 Å². The Morgan fingerprint density at radius 1 is 0.808 bits per heavy atom. The lowest BCUT2D eigenvalue weighted by atomic mass is 9.94. The van der Waals surface area contributed by atoms with E-state index in [1.54, 1.807) is 0 Å². The van der Waals surface area contributed by atoms with E-state index in [-0.39, 0.29) is 16.8 Å². The van der Waals surface area contributed by atoms with Crippen LogP contribution >= 0.6 is 0 Å². The van der Waals surface area contributed by atoms with Gasteiger partial charge in [-0.25, -0.2) is 9.59 Å². The van der Waals surface area contributed by atoms with Crippen molar-refractivity contribution in [2.24, 2.45) is 0 Å². The highest BCUT2D eigenvalue weighted by molar-refractivity contribution is 6.10. The highest BCUT2D eigenvalue weighted by atomic mass is 16.6. The Morgan fingerprint density at radius 3 is 1.81 bits per heavy atom. The number of nitro groups is 2. The van der Waals surface area contributed by atoms with Crippen LogP contribution < -0.4 is 0 Å². The zero-order valence-corrected chi connectivity index (χ0v) is 13.6. The van der Waals surface area contributed by atoms with Crippen LogP contribution in [0.1, 0.15) is 20.7 Å². The lowest BCUT2D eigenvalue weighted by Crippen LogP contribution is -2.15. The van der Waals surface area contributed by atoms with Crippen LogP contribution in [0.15, 0.2) is 36.4 Å². The number of benzene rings is 2. The molecule has 0 N–H and O–H groups in total. The van der Waals surface area contributed by atoms with Gasteiger partial charge in [-0.05, 0) is 29.3 Å². The third-order valence-corrected chi connectivity index (χ3v) is 3.55. The largest absolute Gasteiger partial charge is 0.465 e. The Kier molecular flexibility index (Phi) is 5.26. The number of rotatable bonds is 5. The second-order valence-electron chi connectivity index (χ2n) is 4.93. The van der Waals surface area contributed by atoms with Gasteiger partial charge in [0.05, 0.1) is 29.6 Å². The fraction of sp³-hybridized carbons (Fsp3) is 0.125. The zero-order valence-electron chi connectivity index (χ0n) is 13.6. The van der Waals surface area contributed by atoms with Gasteiger partial charge in [0.25, 0.3) is 11.4 Å². The molecule has 0 saturated carbocycles. The maximum atomic E-state index is 12.2. The number of methoxy groups -OCH3 is 2. The lowest BCUT2D eigenvalue weighted by molar-refractivity contribution is -0.385. The van der Waals surface area contributed by atoms with Gasteiger partial charge in [0, 0.05) is 18.2 Å². The quantitative estimate of drug-likeness (QED) is 0.450. The van der Waals surface area contributed by atoms with E-state index in [4.69, 9.17) is 0 Å². The fourth-order valence-corrected chi connectivity index (χ4v) is 2.37. The molecule has 26 heavy (non-hydrogen) atoms. The van der Waals surface area contributed by atoms with Crippen molar-refractivity contribution in [1.29, 1.82) is 0 Å². The number of hydrogen-bond acceptors (Lipinski definition) is 8. The van der Waals surface area contributed by atoms with E-state index in [0.717, 1.165) is 20.3 Å². The molecule has 0 saturated heterocycles. The summed E-state index contributed by atoms with van der Waals surface area (Å²) in [5, 5.41) is 22.0. The van der Waals surface area contributed by atoms with E-state index in [1.165, 1.54) is 30.3 Å². The monoisotopic (exact) mass is 360 g/mol. The van der Waals surface area contributed by atoms with Crippen LogP contribution in [0, 0.1) is 20.2 Å². The molecule has 0 radical (unpaired) electrons. The zero-order chi connectivity index (χ0) is 19.4. The Hall–Kier alpha value is -3.82. The molecule has 10 heteroatoms. The summed E-state index contributed by atoms with van der Waals surface area (Å²) in [6.07, 6.45) is 0. The van der Waals surface area contributed by atoms with Gasteiger partial charge in [-0.1, -0.05) is 0 Å².